The largest absolute Gasteiger partial charge is 0.326 e. The molecule has 0 radical (unpaired) electrons. The van der Waals surface area contributed by atoms with Crippen molar-refractivity contribution >= 4 is 23.1 Å². The Bertz CT molecular complexity index is 632. The molecule has 0 saturated carbocycles. The van der Waals surface area contributed by atoms with E-state index in [2.05, 4.69) is 11.1 Å². The zero-order valence-corrected chi connectivity index (χ0v) is 11.6. The number of benzene rings is 1. The predicted molar refractivity (Wildman–Crippen MR) is 77.8 cm³/mol. The van der Waals surface area contributed by atoms with Gasteiger partial charge in [-0.25, -0.2) is 4.98 Å². The van der Waals surface area contributed by atoms with Crippen molar-refractivity contribution in [2.75, 3.05) is 11.4 Å². The Morgan fingerprint density at radius 2 is 2.05 bits per heavy atom. The van der Waals surface area contributed by atoms with E-state index in [9.17, 15) is 0 Å². The minimum absolute atomic E-state index is 0.334. The van der Waals surface area contributed by atoms with Gasteiger partial charge in [-0.2, -0.15) is 5.26 Å². The highest BCUT2D eigenvalue weighted by molar-refractivity contribution is 6.29. The van der Waals surface area contributed by atoms with Gasteiger partial charge in [0.1, 0.15) is 11.0 Å². The first-order chi connectivity index (χ1) is 9.15. The fraction of sp³-hybridized carbons (Fsp3) is 0.200. The summed E-state index contributed by atoms with van der Waals surface area (Å²) in [5.74, 6) is 0.695. The first-order valence-corrected chi connectivity index (χ1v) is 6.44. The van der Waals surface area contributed by atoms with Crippen LogP contribution in [0.15, 0.2) is 36.4 Å². The number of hydrogen-bond donors (Lipinski definition) is 0. The van der Waals surface area contributed by atoms with E-state index in [-0.39, 0.29) is 0 Å². The number of pyridine rings is 1. The molecule has 0 spiro atoms. The number of halogens is 1. The summed E-state index contributed by atoms with van der Waals surface area (Å²) in [7, 11) is 0. The first kappa shape index (κ1) is 13.4. The van der Waals surface area contributed by atoms with Gasteiger partial charge in [-0.05, 0) is 37.6 Å². The molecule has 0 aliphatic carbocycles. The lowest BCUT2D eigenvalue weighted by atomic mass is 10.1. The van der Waals surface area contributed by atoms with E-state index in [1.807, 2.05) is 43.0 Å². The van der Waals surface area contributed by atoms with Crippen molar-refractivity contribution in [3.63, 3.8) is 0 Å². The Morgan fingerprint density at radius 1 is 1.32 bits per heavy atom. The Hall–Kier alpha value is -2.05. The van der Waals surface area contributed by atoms with Gasteiger partial charge >= 0.3 is 0 Å². The lowest BCUT2D eigenvalue weighted by molar-refractivity contribution is 0.982. The van der Waals surface area contributed by atoms with Crippen molar-refractivity contribution in [1.82, 2.24) is 4.98 Å². The molecule has 0 N–H and O–H groups in total. The molecule has 0 saturated heterocycles. The van der Waals surface area contributed by atoms with E-state index < -0.39 is 0 Å². The third kappa shape index (κ3) is 2.86. The quantitative estimate of drug-likeness (QED) is 0.790. The minimum Gasteiger partial charge on any atom is -0.326 e. The smallest absolute Gasteiger partial charge is 0.136 e. The SMILES string of the molecule is CCN(c1cc(C#N)cc(Cl)n1)c1ccccc1C. The molecule has 0 aliphatic heterocycles. The molecule has 1 aromatic carbocycles. The van der Waals surface area contributed by atoms with Crippen LogP contribution in [-0.4, -0.2) is 11.5 Å². The van der Waals surface area contributed by atoms with Gasteiger partial charge in [-0.3, -0.25) is 0 Å². The number of aryl methyl sites for hydroxylation is 1. The lowest BCUT2D eigenvalue weighted by Gasteiger charge is -2.24. The third-order valence-electron chi connectivity index (χ3n) is 2.91. The summed E-state index contributed by atoms with van der Waals surface area (Å²) >= 11 is 5.97. The lowest BCUT2D eigenvalue weighted by Crippen LogP contribution is -2.18. The Kier molecular flexibility index (Phi) is 4.03. The fourth-order valence-electron chi connectivity index (χ4n) is 2.01. The van der Waals surface area contributed by atoms with Gasteiger partial charge in [-0.1, -0.05) is 29.8 Å². The average Bonchev–Trinajstić information content (AvgIpc) is 2.41. The van der Waals surface area contributed by atoms with Crippen LogP contribution in [0.3, 0.4) is 0 Å². The maximum atomic E-state index is 9.01. The van der Waals surface area contributed by atoms with Gasteiger partial charge in [0.05, 0.1) is 11.6 Å². The molecule has 0 fully saturated rings. The molecule has 4 heteroatoms. The van der Waals surface area contributed by atoms with Gasteiger partial charge < -0.3 is 4.90 Å². The topological polar surface area (TPSA) is 39.9 Å². The van der Waals surface area contributed by atoms with Crippen molar-refractivity contribution in [2.24, 2.45) is 0 Å². The molecule has 2 aromatic rings. The molecule has 19 heavy (non-hydrogen) atoms. The predicted octanol–water partition coefficient (Wildman–Crippen LogP) is 4.07. The van der Waals surface area contributed by atoms with Crippen LogP contribution >= 0.6 is 11.6 Å². The second-order valence-electron chi connectivity index (χ2n) is 4.18. The molecule has 3 nitrogen and oxygen atoms in total. The van der Waals surface area contributed by atoms with E-state index >= 15 is 0 Å². The minimum atomic E-state index is 0.334. The maximum Gasteiger partial charge on any atom is 0.136 e. The zero-order valence-electron chi connectivity index (χ0n) is 10.9. The van der Waals surface area contributed by atoms with Crippen LogP contribution in [0.4, 0.5) is 11.5 Å². The molecule has 0 amide bonds. The molecule has 0 bridgehead atoms. The standard InChI is InChI=1S/C15H14ClN3/c1-3-19(13-7-5-4-6-11(13)2)15-9-12(10-17)8-14(16)18-15/h4-9H,3H2,1-2H3. The highest BCUT2D eigenvalue weighted by atomic mass is 35.5. The number of rotatable bonds is 3. The summed E-state index contributed by atoms with van der Waals surface area (Å²) in [6.45, 7) is 4.85. The van der Waals surface area contributed by atoms with Gasteiger partial charge in [0, 0.05) is 12.2 Å². The second-order valence-corrected chi connectivity index (χ2v) is 4.57. The Balaban J connectivity index is 2.52. The van der Waals surface area contributed by atoms with E-state index in [4.69, 9.17) is 16.9 Å². The molecule has 2 rings (SSSR count). The monoisotopic (exact) mass is 271 g/mol. The van der Waals surface area contributed by atoms with Crippen LogP contribution in [0, 0.1) is 18.3 Å². The summed E-state index contributed by atoms with van der Waals surface area (Å²) in [6, 6.07) is 13.5. The molecule has 0 unspecified atom stereocenters. The van der Waals surface area contributed by atoms with Crippen molar-refractivity contribution < 1.29 is 0 Å². The number of para-hydroxylation sites is 1. The summed E-state index contributed by atoms with van der Waals surface area (Å²) in [6.07, 6.45) is 0. The summed E-state index contributed by atoms with van der Waals surface area (Å²) in [5.41, 5.74) is 2.75. The van der Waals surface area contributed by atoms with Crippen LogP contribution in [0.1, 0.15) is 18.1 Å². The van der Waals surface area contributed by atoms with E-state index in [0.29, 0.717) is 16.5 Å². The maximum absolute atomic E-state index is 9.01. The molecule has 0 aliphatic rings. The molecule has 1 aromatic heterocycles. The number of aromatic nitrogens is 1. The number of nitrogens with zero attached hydrogens (tertiary/aromatic N) is 3. The number of nitriles is 1. The number of hydrogen-bond acceptors (Lipinski definition) is 3. The van der Waals surface area contributed by atoms with Crippen LogP contribution in [-0.2, 0) is 0 Å². The van der Waals surface area contributed by atoms with Crippen LogP contribution < -0.4 is 4.90 Å². The van der Waals surface area contributed by atoms with Gasteiger partial charge in [0.25, 0.3) is 0 Å². The zero-order chi connectivity index (χ0) is 13.8. The average molecular weight is 272 g/mol. The van der Waals surface area contributed by atoms with Crippen LogP contribution in [0.25, 0.3) is 0 Å². The normalized spacial score (nSPS) is 10.0. The van der Waals surface area contributed by atoms with Gasteiger partial charge in [0.15, 0.2) is 0 Å². The van der Waals surface area contributed by atoms with Gasteiger partial charge in [-0.15, -0.1) is 0 Å². The number of anilines is 2. The van der Waals surface area contributed by atoms with E-state index in [1.165, 1.54) is 0 Å². The highest BCUT2D eigenvalue weighted by Gasteiger charge is 2.12. The Labute approximate surface area is 118 Å². The molecular weight excluding hydrogens is 258 g/mol. The summed E-state index contributed by atoms with van der Waals surface area (Å²) in [4.78, 5) is 6.35. The molecule has 96 valence electrons. The summed E-state index contributed by atoms with van der Waals surface area (Å²) < 4.78 is 0. The van der Waals surface area contributed by atoms with Gasteiger partial charge in [0.2, 0.25) is 0 Å². The van der Waals surface area contributed by atoms with E-state index in [1.54, 1.807) is 12.1 Å². The third-order valence-corrected chi connectivity index (χ3v) is 3.10. The first-order valence-electron chi connectivity index (χ1n) is 6.06. The molecular formula is C15H14ClN3. The summed E-state index contributed by atoms with van der Waals surface area (Å²) in [5, 5.41) is 9.35. The van der Waals surface area contributed by atoms with Crippen LogP contribution in [0.5, 0.6) is 0 Å². The van der Waals surface area contributed by atoms with Crippen LogP contribution in [0.2, 0.25) is 5.15 Å². The van der Waals surface area contributed by atoms with Crippen molar-refractivity contribution in [1.29, 1.82) is 5.26 Å². The fourth-order valence-corrected chi connectivity index (χ4v) is 2.21. The van der Waals surface area contributed by atoms with E-state index in [0.717, 1.165) is 17.8 Å². The van der Waals surface area contributed by atoms with Crippen molar-refractivity contribution in [3.05, 3.63) is 52.7 Å². The Morgan fingerprint density at radius 3 is 2.68 bits per heavy atom. The second kappa shape index (κ2) is 5.73. The molecule has 1 heterocycles. The highest BCUT2D eigenvalue weighted by Crippen LogP contribution is 2.28. The van der Waals surface area contributed by atoms with Crippen molar-refractivity contribution in [2.45, 2.75) is 13.8 Å². The van der Waals surface area contributed by atoms with Crippen molar-refractivity contribution in [3.8, 4) is 6.07 Å². The molecule has 0 atom stereocenters.